The molecule has 0 radical (unpaired) electrons. The van der Waals surface area contributed by atoms with Crippen LogP contribution >= 0.6 is 50.1 Å². The normalized spacial score (nSPS) is 15.9. The number of cyclic esters (lactones) is 1. The quantitative estimate of drug-likeness (QED) is 0.337. The van der Waals surface area contributed by atoms with E-state index in [1.165, 1.54) is 0 Å². The first-order valence-corrected chi connectivity index (χ1v) is 8.51. The predicted octanol–water partition coefficient (Wildman–Crippen LogP) is 5.05. The lowest BCUT2D eigenvalue weighted by Crippen LogP contribution is -2.06. The summed E-state index contributed by atoms with van der Waals surface area (Å²) in [6.07, 6.45) is 1.68. The molecule has 0 fully saturated rings. The van der Waals surface area contributed by atoms with Crippen LogP contribution in [-0.4, -0.2) is 11.9 Å². The van der Waals surface area contributed by atoms with Gasteiger partial charge in [0.1, 0.15) is 0 Å². The van der Waals surface area contributed by atoms with Crippen LogP contribution in [0.5, 0.6) is 0 Å². The Morgan fingerprint density at radius 2 is 2.05 bits per heavy atom. The van der Waals surface area contributed by atoms with E-state index in [4.69, 9.17) is 16.3 Å². The third kappa shape index (κ3) is 3.42. The topological polar surface area (TPSA) is 38.7 Å². The molecule has 3 nitrogen and oxygen atoms in total. The van der Waals surface area contributed by atoms with E-state index in [1.807, 2.05) is 36.4 Å². The molecular weight excluding hydrogens is 480 g/mol. The Balaban J connectivity index is 2.00. The van der Waals surface area contributed by atoms with Crippen LogP contribution in [0.3, 0.4) is 0 Å². The van der Waals surface area contributed by atoms with Crippen molar-refractivity contribution >= 4 is 68.1 Å². The maximum Gasteiger partial charge on any atom is 0.363 e. The number of benzene rings is 2. The summed E-state index contributed by atoms with van der Waals surface area (Å²) < 4.78 is 7.16. The first-order valence-electron chi connectivity index (χ1n) is 6.26. The van der Waals surface area contributed by atoms with E-state index in [-0.39, 0.29) is 11.6 Å². The molecule has 0 saturated heterocycles. The average Bonchev–Trinajstić information content (AvgIpc) is 2.83. The van der Waals surface area contributed by atoms with Gasteiger partial charge in [-0.25, -0.2) is 9.79 Å². The lowest BCUT2D eigenvalue weighted by atomic mass is 10.2. The molecule has 0 atom stereocenters. The van der Waals surface area contributed by atoms with Crippen LogP contribution in [0.25, 0.3) is 6.08 Å². The Labute approximate surface area is 154 Å². The van der Waals surface area contributed by atoms with Gasteiger partial charge in [0.25, 0.3) is 0 Å². The minimum Gasteiger partial charge on any atom is -0.402 e. The van der Waals surface area contributed by atoms with Crippen molar-refractivity contribution in [1.82, 2.24) is 0 Å². The van der Waals surface area contributed by atoms with Gasteiger partial charge in [-0.05, 0) is 64.6 Å². The van der Waals surface area contributed by atoms with E-state index in [9.17, 15) is 4.79 Å². The highest BCUT2D eigenvalue weighted by molar-refractivity contribution is 14.1. The zero-order valence-corrected chi connectivity index (χ0v) is 15.5. The number of carbonyl (C=O) groups excluding carboxylic acids is 1. The summed E-state index contributed by atoms with van der Waals surface area (Å²) in [4.78, 5) is 16.3. The number of halogens is 3. The van der Waals surface area contributed by atoms with Crippen molar-refractivity contribution in [2.24, 2.45) is 4.99 Å². The van der Waals surface area contributed by atoms with Gasteiger partial charge in [0.15, 0.2) is 5.70 Å². The maximum atomic E-state index is 12.0. The van der Waals surface area contributed by atoms with Crippen LogP contribution in [0.4, 0.5) is 0 Å². The van der Waals surface area contributed by atoms with E-state index >= 15 is 0 Å². The minimum absolute atomic E-state index is 0.231. The molecule has 110 valence electrons. The second kappa shape index (κ2) is 6.52. The van der Waals surface area contributed by atoms with E-state index in [0.717, 1.165) is 13.6 Å². The van der Waals surface area contributed by atoms with Crippen LogP contribution in [0.1, 0.15) is 11.1 Å². The van der Waals surface area contributed by atoms with Gasteiger partial charge in [0, 0.05) is 8.04 Å². The molecule has 6 heteroatoms. The van der Waals surface area contributed by atoms with Gasteiger partial charge in [-0.3, -0.25) is 0 Å². The molecule has 1 heterocycles. The smallest absolute Gasteiger partial charge is 0.363 e. The molecule has 0 unspecified atom stereocenters. The van der Waals surface area contributed by atoms with Gasteiger partial charge in [-0.2, -0.15) is 0 Å². The molecule has 0 aliphatic carbocycles. The fraction of sp³-hybridized carbons (Fsp3) is 0. The second-order valence-corrected chi connectivity index (χ2v) is 7.08. The lowest BCUT2D eigenvalue weighted by Gasteiger charge is -2.02. The van der Waals surface area contributed by atoms with Crippen LogP contribution in [0.2, 0.25) is 5.02 Å². The Hall–Kier alpha value is -1.18. The molecule has 1 aliphatic rings. The highest BCUT2D eigenvalue weighted by atomic mass is 127. The van der Waals surface area contributed by atoms with Crippen molar-refractivity contribution in [3.63, 3.8) is 0 Å². The van der Waals surface area contributed by atoms with Crippen molar-refractivity contribution in [1.29, 1.82) is 0 Å². The summed E-state index contributed by atoms with van der Waals surface area (Å²) in [7, 11) is 0. The zero-order valence-electron chi connectivity index (χ0n) is 11.0. The molecule has 0 bridgehead atoms. The fourth-order valence-corrected chi connectivity index (χ4v) is 3.05. The molecule has 0 spiro atoms. The third-order valence-corrected chi connectivity index (χ3v) is 4.43. The molecule has 0 N–H and O–H groups in total. The van der Waals surface area contributed by atoms with Crippen LogP contribution in [0.15, 0.2) is 57.6 Å². The summed E-state index contributed by atoms with van der Waals surface area (Å²) in [6.45, 7) is 0. The van der Waals surface area contributed by atoms with Crippen molar-refractivity contribution < 1.29 is 9.53 Å². The van der Waals surface area contributed by atoms with E-state index in [2.05, 4.69) is 43.5 Å². The number of aliphatic imine (C=N–C) groups is 1. The molecule has 0 saturated carbocycles. The average molecular weight is 489 g/mol. The number of hydrogen-bond donors (Lipinski definition) is 0. The Kier molecular flexibility index (Phi) is 4.65. The number of nitrogens with zero attached hydrogens (tertiary/aromatic N) is 1. The van der Waals surface area contributed by atoms with Gasteiger partial charge >= 0.3 is 5.97 Å². The number of esters is 1. The second-order valence-electron chi connectivity index (χ2n) is 4.52. The molecule has 2 aromatic carbocycles. The van der Waals surface area contributed by atoms with E-state index < -0.39 is 5.97 Å². The standard InChI is InChI=1S/C16H8BrClINO2/c17-10-3-1-2-9(6-10)7-14-16(21)22-15(20-14)12-8-11(19)4-5-13(12)18/h1-8H. The summed E-state index contributed by atoms with van der Waals surface area (Å²) >= 11 is 11.7. The fourth-order valence-electron chi connectivity index (χ4n) is 1.94. The lowest BCUT2D eigenvalue weighted by molar-refractivity contribution is -0.129. The van der Waals surface area contributed by atoms with Crippen LogP contribution in [-0.2, 0) is 9.53 Å². The summed E-state index contributed by atoms with van der Waals surface area (Å²) in [6, 6.07) is 13.0. The molecule has 2 aromatic rings. The predicted molar refractivity (Wildman–Crippen MR) is 98.9 cm³/mol. The first kappa shape index (κ1) is 15.7. The highest BCUT2D eigenvalue weighted by Gasteiger charge is 2.25. The maximum absolute atomic E-state index is 12.0. The van der Waals surface area contributed by atoms with Gasteiger partial charge < -0.3 is 4.74 Å². The monoisotopic (exact) mass is 487 g/mol. The van der Waals surface area contributed by atoms with Gasteiger partial charge in [0.05, 0.1) is 10.6 Å². The van der Waals surface area contributed by atoms with Crippen molar-refractivity contribution in [2.75, 3.05) is 0 Å². The SMILES string of the molecule is O=C1OC(c2cc(I)ccc2Cl)=NC1=Cc1cccc(Br)c1. The van der Waals surface area contributed by atoms with Gasteiger partial charge in [0.2, 0.25) is 5.90 Å². The number of carbonyl (C=O) groups is 1. The number of ether oxygens (including phenoxy) is 1. The van der Waals surface area contributed by atoms with Crippen molar-refractivity contribution in [2.45, 2.75) is 0 Å². The molecule has 0 amide bonds. The molecule has 22 heavy (non-hydrogen) atoms. The number of rotatable bonds is 2. The summed E-state index contributed by atoms with van der Waals surface area (Å²) in [5.74, 6) is -0.250. The highest BCUT2D eigenvalue weighted by Crippen LogP contribution is 2.25. The number of hydrogen-bond acceptors (Lipinski definition) is 3. The largest absolute Gasteiger partial charge is 0.402 e. The first-order chi connectivity index (χ1) is 10.5. The van der Waals surface area contributed by atoms with Gasteiger partial charge in [-0.1, -0.05) is 39.7 Å². The molecule has 0 aromatic heterocycles. The van der Waals surface area contributed by atoms with Crippen LogP contribution in [0, 0.1) is 3.57 Å². The molecule has 3 rings (SSSR count). The Morgan fingerprint density at radius 3 is 2.82 bits per heavy atom. The summed E-state index contributed by atoms with van der Waals surface area (Å²) in [5.41, 5.74) is 1.72. The minimum atomic E-state index is -0.482. The van der Waals surface area contributed by atoms with E-state index in [0.29, 0.717) is 10.6 Å². The van der Waals surface area contributed by atoms with Crippen molar-refractivity contribution in [3.05, 3.63) is 72.4 Å². The van der Waals surface area contributed by atoms with Crippen LogP contribution < -0.4 is 0 Å². The third-order valence-electron chi connectivity index (χ3n) is 2.93. The van der Waals surface area contributed by atoms with Gasteiger partial charge in [-0.15, -0.1) is 0 Å². The van der Waals surface area contributed by atoms with E-state index in [1.54, 1.807) is 12.1 Å². The van der Waals surface area contributed by atoms with Crippen molar-refractivity contribution in [3.8, 4) is 0 Å². The zero-order chi connectivity index (χ0) is 15.7. The molecular formula is C16H8BrClINO2. The Morgan fingerprint density at radius 1 is 1.23 bits per heavy atom. The Bertz CT molecular complexity index is 833. The summed E-state index contributed by atoms with van der Waals surface area (Å²) in [5, 5.41) is 0.496. The molecule has 1 aliphatic heterocycles.